The van der Waals surface area contributed by atoms with Crippen LogP contribution < -0.4 is 10.6 Å². The van der Waals surface area contributed by atoms with Gasteiger partial charge in [-0.2, -0.15) is 0 Å². The Morgan fingerprint density at radius 1 is 1.24 bits per heavy atom. The number of amides is 2. The van der Waals surface area contributed by atoms with Gasteiger partial charge >= 0.3 is 0 Å². The summed E-state index contributed by atoms with van der Waals surface area (Å²) in [5.74, 6) is 0.592. The van der Waals surface area contributed by atoms with Crippen molar-refractivity contribution in [2.24, 2.45) is 11.8 Å². The number of nitrogens with one attached hydrogen (secondary N) is 2. The molecule has 4 heteroatoms. The van der Waals surface area contributed by atoms with Gasteiger partial charge in [0.1, 0.15) is 6.04 Å². The van der Waals surface area contributed by atoms with Gasteiger partial charge in [-0.25, -0.2) is 0 Å². The molecule has 0 aromatic rings. The zero-order valence-corrected chi connectivity index (χ0v) is 11.1. The molecule has 0 aromatic heterocycles. The van der Waals surface area contributed by atoms with Crippen molar-refractivity contribution in [3.05, 3.63) is 0 Å². The average Bonchev–Trinajstić information content (AvgIpc) is 2.75. The van der Waals surface area contributed by atoms with Gasteiger partial charge in [0, 0.05) is 13.5 Å². The Balaban J connectivity index is 2.54. The molecular formula is C13H24N2O2. The van der Waals surface area contributed by atoms with Gasteiger partial charge in [-0.05, 0) is 24.7 Å². The highest BCUT2D eigenvalue weighted by Crippen LogP contribution is 2.27. The predicted molar refractivity (Wildman–Crippen MR) is 67.4 cm³/mol. The maximum Gasteiger partial charge on any atom is 0.242 e. The lowest BCUT2D eigenvalue weighted by atomic mass is 9.97. The summed E-state index contributed by atoms with van der Waals surface area (Å²) >= 11 is 0. The van der Waals surface area contributed by atoms with E-state index in [-0.39, 0.29) is 17.9 Å². The van der Waals surface area contributed by atoms with Crippen molar-refractivity contribution >= 4 is 11.8 Å². The van der Waals surface area contributed by atoms with Crippen LogP contribution in [0.25, 0.3) is 0 Å². The molecule has 1 rings (SSSR count). The third kappa shape index (κ3) is 4.75. The van der Waals surface area contributed by atoms with Gasteiger partial charge in [0.25, 0.3) is 0 Å². The highest BCUT2D eigenvalue weighted by Gasteiger charge is 2.31. The van der Waals surface area contributed by atoms with E-state index in [1.807, 2.05) is 0 Å². The number of carbonyl (C=O) groups is 2. The molecule has 0 heterocycles. The molecule has 1 atom stereocenters. The summed E-state index contributed by atoms with van der Waals surface area (Å²) in [6.45, 7) is 6.26. The van der Waals surface area contributed by atoms with Crippen molar-refractivity contribution in [3.8, 4) is 0 Å². The fourth-order valence-electron chi connectivity index (χ4n) is 2.32. The largest absolute Gasteiger partial charge is 0.354 e. The smallest absolute Gasteiger partial charge is 0.242 e. The molecule has 0 saturated heterocycles. The van der Waals surface area contributed by atoms with E-state index in [2.05, 4.69) is 24.5 Å². The Labute approximate surface area is 104 Å². The Bertz CT molecular complexity index is 271. The van der Waals surface area contributed by atoms with Crippen LogP contribution in [0.3, 0.4) is 0 Å². The third-order valence-corrected chi connectivity index (χ3v) is 3.20. The van der Waals surface area contributed by atoms with Crippen molar-refractivity contribution in [3.63, 3.8) is 0 Å². The van der Waals surface area contributed by atoms with Gasteiger partial charge in [0.15, 0.2) is 0 Å². The van der Waals surface area contributed by atoms with Crippen LogP contribution in [-0.2, 0) is 9.59 Å². The second-order valence-corrected chi connectivity index (χ2v) is 5.36. The van der Waals surface area contributed by atoms with Gasteiger partial charge in [-0.1, -0.05) is 26.7 Å². The molecule has 1 saturated carbocycles. The van der Waals surface area contributed by atoms with E-state index < -0.39 is 0 Å². The van der Waals surface area contributed by atoms with Crippen molar-refractivity contribution in [2.75, 3.05) is 6.54 Å². The summed E-state index contributed by atoms with van der Waals surface area (Å²) in [4.78, 5) is 23.2. The molecule has 0 radical (unpaired) electrons. The average molecular weight is 240 g/mol. The van der Waals surface area contributed by atoms with Crippen LogP contribution >= 0.6 is 0 Å². The Morgan fingerprint density at radius 2 is 1.82 bits per heavy atom. The molecule has 2 amide bonds. The van der Waals surface area contributed by atoms with E-state index in [0.29, 0.717) is 18.4 Å². The lowest BCUT2D eigenvalue weighted by Crippen LogP contribution is -2.50. The van der Waals surface area contributed by atoms with Gasteiger partial charge in [0.05, 0.1) is 0 Å². The van der Waals surface area contributed by atoms with Crippen molar-refractivity contribution in [1.29, 1.82) is 0 Å². The summed E-state index contributed by atoms with van der Waals surface area (Å²) in [7, 11) is 0. The zero-order chi connectivity index (χ0) is 12.8. The fraction of sp³-hybridized carbons (Fsp3) is 0.846. The van der Waals surface area contributed by atoms with E-state index in [1.54, 1.807) is 0 Å². The minimum absolute atomic E-state index is 0.0270. The van der Waals surface area contributed by atoms with Crippen LogP contribution in [0.2, 0.25) is 0 Å². The van der Waals surface area contributed by atoms with Gasteiger partial charge in [-0.15, -0.1) is 0 Å². The summed E-state index contributed by atoms with van der Waals surface area (Å²) in [5, 5.41) is 5.71. The van der Waals surface area contributed by atoms with Gasteiger partial charge < -0.3 is 10.6 Å². The Kier molecular flexibility index (Phi) is 5.45. The first-order valence-corrected chi connectivity index (χ1v) is 6.55. The Hall–Kier alpha value is -1.06. The summed E-state index contributed by atoms with van der Waals surface area (Å²) in [6, 6.07) is -0.339. The predicted octanol–water partition coefficient (Wildman–Crippen LogP) is 1.45. The molecule has 1 aliphatic carbocycles. The van der Waals surface area contributed by atoms with Crippen molar-refractivity contribution in [2.45, 2.75) is 52.5 Å². The van der Waals surface area contributed by atoms with Gasteiger partial charge in [-0.3, -0.25) is 9.59 Å². The standard InChI is InChI=1S/C13H24N2O2/c1-9(2)8-14-13(17)12(15-10(3)16)11-6-4-5-7-11/h9,11-12H,4-8H2,1-3H3,(H,14,17)(H,15,16). The fourth-order valence-corrected chi connectivity index (χ4v) is 2.32. The number of hydrogen-bond donors (Lipinski definition) is 2. The molecule has 0 aliphatic heterocycles. The lowest BCUT2D eigenvalue weighted by Gasteiger charge is -2.23. The molecule has 0 aromatic carbocycles. The summed E-state index contributed by atoms with van der Waals surface area (Å²) < 4.78 is 0. The van der Waals surface area contributed by atoms with Crippen molar-refractivity contribution in [1.82, 2.24) is 10.6 Å². The first-order chi connectivity index (χ1) is 8.00. The minimum Gasteiger partial charge on any atom is -0.354 e. The Morgan fingerprint density at radius 3 is 2.29 bits per heavy atom. The number of carbonyl (C=O) groups excluding carboxylic acids is 2. The van der Waals surface area contributed by atoms with E-state index in [0.717, 1.165) is 25.7 Å². The minimum atomic E-state index is -0.339. The zero-order valence-electron chi connectivity index (χ0n) is 11.1. The highest BCUT2D eigenvalue weighted by molar-refractivity contribution is 5.87. The molecule has 0 bridgehead atoms. The van der Waals surface area contributed by atoms with Crippen LogP contribution in [0.5, 0.6) is 0 Å². The quantitative estimate of drug-likeness (QED) is 0.764. The van der Waals surface area contributed by atoms with Gasteiger partial charge in [0.2, 0.25) is 11.8 Å². The topological polar surface area (TPSA) is 58.2 Å². The molecule has 1 fully saturated rings. The number of hydrogen-bond acceptors (Lipinski definition) is 2. The van der Waals surface area contributed by atoms with Crippen LogP contribution in [0.4, 0.5) is 0 Å². The molecule has 1 unspecified atom stereocenters. The molecule has 2 N–H and O–H groups in total. The van der Waals surface area contributed by atoms with Crippen LogP contribution in [-0.4, -0.2) is 24.4 Å². The third-order valence-electron chi connectivity index (χ3n) is 3.20. The maximum absolute atomic E-state index is 12.0. The molecule has 1 aliphatic rings. The van der Waals surface area contributed by atoms with E-state index >= 15 is 0 Å². The SMILES string of the molecule is CC(=O)NC(C(=O)NCC(C)C)C1CCCC1. The van der Waals surface area contributed by atoms with Crippen LogP contribution in [0, 0.1) is 11.8 Å². The highest BCUT2D eigenvalue weighted by atomic mass is 16.2. The summed E-state index contributed by atoms with van der Waals surface area (Å²) in [6.07, 6.45) is 4.41. The van der Waals surface area contributed by atoms with E-state index in [1.165, 1.54) is 6.92 Å². The second-order valence-electron chi connectivity index (χ2n) is 5.36. The maximum atomic E-state index is 12.0. The molecular weight excluding hydrogens is 216 g/mol. The molecule has 98 valence electrons. The lowest BCUT2D eigenvalue weighted by molar-refractivity contribution is -0.129. The van der Waals surface area contributed by atoms with Crippen molar-refractivity contribution < 1.29 is 9.59 Å². The molecule has 17 heavy (non-hydrogen) atoms. The van der Waals surface area contributed by atoms with E-state index in [4.69, 9.17) is 0 Å². The second kappa shape index (κ2) is 6.62. The molecule has 0 spiro atoms. The normalized spacial score (nSPS) is 18.1. The first kappa shape index (κ1) is 14.0. The molecule has 4 nitrogen and oxygen atoms in total. The number of rotatable bonds is 5. The monoisotopic (exact) mass is 240 g/mol. The first-order valence-electron chi connectivity index (χ1n) is 6.55. The summed E-state index contributed by atoms with van der Waals surface area (Å²) in [5.41, 5.74) is 0. The van der Waals surface area contributed by atoms with E-state index in [9.17, 15) is 9.59 Å². The van der Waals surface area contributed by atoms with Crippen LogP contribution in [0.15, 0.2) is 0 Å². The van der Waals surface area contributed by atoms with Crippen LogP contribution in [0.1, 0.15) is 46.5 Å².